The molecule has 0 fully saturated rings. The molecule has 98 valence electrons. The van der Waals surface area contributed by atoms with E-state index in [0.29, 0.717) is 16.3 Å². The Balaban J connectivity index is 2.36. The van der Waals surface area contributed by atoms with Crippen LogP contribution in [0.3, 0.4) is 0 Å². The standard InChI is InChI=1S/C14H12BrClN2O/c1-8(19)11-7-10(3-5-13(11)17)18-14-6-9(16)2-4-12(14)15/h2-7,18H,17H2,1H3. The fraction of sp³-hybridized carbons (Fsp3) is 0.0714. The molecular weight excluding hydrogens is 328 g/mol. The van der Waals surface area contributed by atoms with Crippen LogP contribution in [0.2, 0.25) is 5.02 Å². The van der Waals surface area contributed by atoms with E-state index in [1.165, 1.54) is 6.92 Å². The number of ketones is 1. The van der Waals surface area contributed by atoms with E-state index >= 15 is 0 Å². The van der Waals surface area contributed by atoms with E-state index in [9.17, 15) is 4.79 Å². The first-order chi connectivity index (χ1) is 8.97. The van der Waals surface area contributed by atoms with Crippen LogP contribution in [0.1, 0.15) is 17.3 Å². The molecule has 0 aromatic heterocycles. The van der Waals surface area contributed by atoms with Crippen LogP contribution in [-0.4, -0.2) is 5.78 Å². The molecule has 3 N–H and O–H groups in total. The minimum absolute atomic E-state index is 0.0636. The first kappa shape index (κ1) is 13.9. The second-order valence-corrected chi connectivity index (χ2v) is 5.40. The molecule has 0 spiro atoms. The highest BCUT2D eigenvalue weighted by Gasteiger charge is 2.07. The van der Waals surface area contributed by atoms with Crippen molar-refractivity contribution in [2.24, 2.45) is 0 Å². The van der Waals surface area contributed by atoms with Gasteiger partial charge in [-0.1, -0.05) is 11.6 Å². The van der Waals surface area contributed by atoms with Crippen molar-refractivity contribution in [2.75, 3.05) is 11.1 Å². The van der Waals surface area contributed by atoms with E-state index in [-0.39, 0.29) is 5.78 Å². The number of rotatable bonds is 3. The fourth-order valence-electron chi connectivity index (χ4n) is 1.69. The van der Waals surface area contributed by atoms with Gasteiger partial charge in [-0.15, -0.1) is 0 Å². The molecule has 0 saturated heterocycles. The lowest BCUT2D eigenvalue weighted by Crippen LogP contribution is -2.01. The van der Waals surface area contributed by atoms with Gasteiger partial charge in [0.1, 0.15) is 0 Å². The Morgan fingerprint density at radius 3 is 2.68 bits per heavy atom. The number of halogens is 2. The molecule has 0 radical (unpaired) electrons. The van der Waals surface area contributed by atoms with Crippen LogP contribution >= 0.6 is 27.5 Å². The van der Waals surface area contributed by atoms with E-state index in [4.69, 9.17) is 17.3 Å². The zero-order valence-electron chi connectivity index (χ0n) is 10.2. The van der Waals surface area contributed by atoms with Crippen LogP contribution in [0.4, 0.5) is 17.1 Å². The van der Waals surface area contributed by atoms with Crippen LogP contribution in [0.5, 0.6) is 0 Å². The largest absolute Gasteiger partial charge is 0.398 e. The Labute approximate surface area is 124 Å². The third kappa shape index (κ3) is 3.28. The van der Waals surface area contributed by atoms with E-state index in [1.807, 2.05) is 12.1 Å². The minimum atomic E-state index is -0.0636. The van der Waals surface area contributed by atoms with Crippen LogP contribution in [0.25, 0.3) is 0 Å². The number of nitrogen functional groups attached to an aromatic ring is 1. The van der Waals surface area contributed by atoms with Gasteiger partial charge in [-0.05, 0) is 59.3 Å². The molecule has 0 saturated carbocycles. The molecule has 0 bridgehead atoms. The van der Waals surface area contributed by atoms with Gasteiger partial charge in [-0.2, -0.15) is 0 Å². The van der Waals surface area contributed by atoms with Gasteiger partial charge in [-0.25, -0.2) is 0 Å². The third-order valence-corrected chi connectivity index (χ3v) is 3.57. The molecule has 19 heavy (non-hydrogen) atoms. The number of carbonyl (C=O) groups is 1. The van der Waals surface area contributed by atoms with Crippen LogP contribution in [0.15, 0.2) is 40.9 Å². The topological polar surface area (TPSA) is 55.1 Å². The smallest absolute Gasteiger partial charge is 0.161 e. The summed E-state index contributed by atoms with van der Waals surface area (Å²) < 4.78 is 0.887. The lowest BCUT2D eigenvalue weighted by Gasteiger charge is -2.11. The average molecular weight is 340 g/mol. The minimum Gasteiger partial charge on any atom is -0.398 e. The van der Waals surface area contributed by atoms with Gasteiger partial charge >= 0.3 is 0 Å². The summed E-state index contributed by atoms with van der Waals surface area (Å²) in [5, 5.41) is 3.83. The van der Waals surface area contributed by atoms with Crippen molar-refractivity contribution in [1.82, 2.24) is 0 Å². The molecule has 0 aliphatic carbocycles. The average Bonchev–Trinajstić information content (AvgIpc) is 2.36. The Morgan fingerprint density at radius 1 is 1.26 bits per heavy atom. The maximum atomic E-state index is 11.5. The number of carbonyl (C=O) groups excluding carboxylic acids is 1. The second-order valence-electron chi connectivity index (χ2n) is 4.11. The Bertz CT molecular complexity index is 643. The zero-order valence-corrected chi connectivity index (χ0v) is 12.5. The van der Waals surface area contributed by atoms with Crippen LogP contribution in [0, 0.1) is 0 Å². The summed E-state index contributed by atoms with van der Waals surface area (Å²) in [6, 6.07) is 10.7. The van der Waals surface area contributed by atoms with Gasteiger partial charge < -0.3 is 11.1 Å². The number of nitrogens with one attached hydrogen (secondary N) is 1. The molecule has 5 heteroatoms. The van der Waals surface area contributed by atoms with Crippen molar-refractivity contribution >= 4 is 50.4 Å². The lowest BCUT2D eigenvalue weighted by molar-refractivity contribution is 0.101. The first-order valence-electron chi connectivity index (χ1n) is 5.60. The monoisotopic (exact) mass is 338 g/mol. The fourth-order valence-corrected chi connectivity index (χ4v) is 2.21. The summed E-state index contributed by atoms with van der Waals surface area (Å²) in [7, 11) is 0. The van der Waals surface area contributed by atoms with Crippen LogP contribution in [-0.2, 0) is 0 Å². The van der Waals surface area contributed by atoms with Crippen LogP contribution < -0.4 is 11.1 Å². The number of nitrogens with two attached hydrogens (primary N) is 1. The summed E-state index contributed by atoms with van der Waals surface area (Å²) in [6.45, 7) is 1.49. The summed E-state index contributed by atoms with van der Waals surface area (Å²) >= 11 is 9.39. The Hall–Kier alpha value is -1.52. The predicted molar refractivity (Wildman–Crippen MR) is 83.3 cm³/mol. The van der Waals surface area contributed by atoms with Crippen molar-refractivity contribution in [3.63, 3.8) is 0 Å². The molecule has 0 aliphatic heterocycles. The van der Waals surface area contributed by atoms with Gasteiger partial charge in [-0.3, -0.25) is 4.79 Å². The normalized spacial score (nSPS) is 10.3. The Morgan fingerprint density at radius 2 is 2.00 bits per heavy atom. The molecular formula is C14H12BrClN2O. The van der Waals surface area contributed by atoms with E-state index < -0.39 is 0 Å². The van der Waals surface area contributed by atoms with Crippen molar-refractivity contribution < 1.29 is 4.79 Å². The molecule has 2 aromatic carbocycles. The highest BCUT2D eigenvalue weighted by molar-refractivity contribution is 9.10. The van der Waals surface area contributed by atoms with Crippen molar-refractivity contribution in [3.8, 4) is 0 Å². The van der Waals surface area contributed by atoms with Gasteiger partial charge in [0.05, 0.1) is 5.69 Å². The highest BCUT2D eigenvalue weighted by atomic mass is 79.9. The van der Waals surface area contributed by atoms with E-state index in [0.717, 1.165) is 15.8 Å². The number of hydrogen-bond donors (Lipinski definition) is 2. The van der Waals surface area contributed by atoms with Crippen molar-refractivity contribution in [2.45, 2.75) is 6.92 Å². The first-order valence-corrected chi connectivity index (χ1v) is 6.77. The SMILES string of the molecule is CC(=O)c1cc(Nc2cc(Cl)ccc2Br)ccc1N. The summed E-state index contributed by atoms with van der Waals surface area (Å²) in [5.41, 5.74) is 8.34. The van der Waals surface area contributed by atoms with E-state index in [1.54, 1.807) is 24.3 Å². The highest BCUT2D eigenvalue weighted by Crippen LogP contribution is 2.29. The lowest BCUT2D eigenvalue weighted by atomic mass is 10.1. The zero-order chi connectivity index (χ0) is 14.0. The second kappa shape index (κ2) is 5.63. The number of Topliss-reactive ketones (excluding diaryl/α,β-unsaturated/α-hetero) is 1. The number of anilines is 3. The van der Waals surface area contributed by atoms with Gasteiger partial charge in [0, 0.05) is 26.4 Å². The van der Waals surface area contributed by atoms with Crippen molar-refractivity contribution in [1.29, 1.82) is 0 Å². The molecule has 0 unspecified atom stereocenters. The van der Waals surface area contributed by atoms with Crippen molar-refractivity contribution in [3.05, 3.63) is 51.5 Å². The number of benzene rings is 2. The quantitative estimate of drug-likeness (QED) is 0.633. The number of hydrogen-bond acceptors (Lipinski definition) is 3. The maximum absolute atomic E-state index is 11.5. The molecule has 0 amide bonds. The molecule has 2 rings (SSSR count). The summed E-state index contributed by atoms with van der Waals surface area (Å²) in [5.74, 6) is -0.0636. The summed E-state index contributed by atoms with van der Waals surface area (Å²) in [4.78, 5) is 11.5. The van der Waals surface area contributed by atoms with Gasteiger partial charge in [0.15, 0.2) is 5.78 Å². The maximum Gasteiger partial charge on any atom is 0.161 e. The Kier molecular flexibility index (Phi) is 4.12. The third-order valence-electron chi connectivity index (χ3n) is 2.64. The molecule has 2 aromatic rings. The molecule has 3 nitrogen and oxygen atoms in total. The summed E-state index contributed by atoms with van der Waals surface area (Å²) in [6.07, 6.45) is 0. The van der Waals surface area contributed by atoms with E-state index in [2.05, 4.69) is 21.2 Å². The molecule has 0 atom stereocenters. The molecule has 0 aliphatic rings. The van der Waals surface area contributed by atoms with Gasteiger partial charge in [0.2, 0.25) is 0 Å². The predicted octanol–water partition coefficient (Wildman–Crippen LogP) is 4.63. The van der Waals surface area contributed by atoms with Gasteiger partial charge in [0.25, 0.3) is 0 Å². The molecule has 0 heterocycles.